The molecule has 0 saturated heterocycles. The monoisotopic (exact) mass is 449 g/mol. The molecule has 156 valence electrons. The van der Waals surface area contributed by atoms with Crippen molar-refractivity contribution in [1.82, 2.24) is 4.98 Å². The van der Waals surface area contributed by atoms with Crippen LogP contribution in [-0.2, 0) is 17.6 Å². The van der Waals surface area contributed by atoms with E-state index in [1.807, 2.05) is 37.3 Å². The Hall–Kier alpha value is -3.23. The first-order valence-electron chi connectivity index (χ1n) is 9.77. The van der Waals surface area contributed by atoms with Gasteiger partial charge in [0.1, 0.15) is 20.3 Å². The predicted octanol–water partition coefficient (Wildman–Crippen LogP) is 5.05. The number of amides is 1. The van der Waals surface area contributed by atoms with E-state index in [1.165, 1.54) is 35.3 Å². The van der Waals surface area contributed by atoms with Crippen molar-refractivity contribution in [2.24, 2.45) is 0 Å². The number of carbonyl (C=O) groups excluding carboxylic acids is 2. The van der Waals surface area contributed by atoms with Gasteiger partial charge in [0.2, 0.25) is 0 Å². The Bertz CT molecular complexity index is 1370. The number of aryl methyl sites for hydroxylation is 3. The molecule has 1 aliphatic carbocycles. The van der Waals surface area contributed by atoms with Crippen molar-refractivity contribution in [3.63, 3.8) is 0 Å². The quantitative estimate of drug-likeness (QED) is 0.427. The summed E-state index contributed by atoms with van der Waals surface area (Å²) in [7, 11) is 1.35. The molecule has 31 heavy (non-hydrogen) atoms. The number of fused-ring (bicyclic) bond motifs is 4. The first-order chi connectivity index (χ1) is 15.0. The number of hydrogen-bond acceptors (Lipinski definition) is 7. The number of esters is 1. The second-order valence-electron chi connectivity index (χ2n) is 7.36. The number of carbonyl (C=O) groups is 2. The second-order valence-corrected chi connectivity index (χ2v) is 9.46. The molecule has 3 N–H and O–H groups in total. The number of aromatic nitrogens is 1. The van der Waals surface area contributed by atoms with Crippen LogP contribution in [0.3, 0.4) is 0 Å². The highest BCUT2D eigenvalue weighted by molar-refractivity contribution is 7.21. The number of pyridine rings is 1. The molecule has 1 amide bonds. The first-order valence-corrected chi connectivity index (χ1v) is 11.4. The maximum Gasteiger partial charge on any atom is 0.341 e. The molecule has 3 aromatic heterocycles. The highest BCUT2D eigenvalue weighted by Crippen LogP contribution is 2.45. The fourth-order valence-electron chi connectivity index (χ4n) is 3.97. The standard InChI is InChI=1S/C23H19N3O3S2/c1-11-7-9-14-18(24)19(31-21(14)25-11)20(27)26-22-17(23(28)29-2)16-13-6-4-3-5-12(13)8-10-15(16)30-22/h3-7,9H,8,10,24H2,1-2H3,(H,26,27). The summed E-state index contributed by atoms with van der Waals surface area (Å²) in [6, 6.07) is 11.8. The Kier molecular flexibility index (Phi) is 4.75. The molecule has 0 unspecified atom stereocenters. The maximum absolute atomic E-state index is 13.2. The molecular formula is C23H19N3O3S2. The SMILES string of the molecule is COC(=O)c1c(NC(=O)c2sc3nc(C)ccc3c2N)sc2c1-c1ccccc1CC2. The molecule has 0 fully saturated rings. The van der Waals surface area contributed by atoms with Crippen molar-refractivity contribution in [3.8, 4) is 11.1 Å². The predicted molar refractivity (Wildman–Crippen MR) is 125 cm³/mol. The lowest BCUT2D eigenvalue weighted by atomic mass is 9.88. The summed E-state index contributed by atoms with van der Waals surface area (Å²) in [5, 5.41) is 4.17. The second kappa shape index (κ2) is 7.47. The number of nitrogens with zero attached hydrogens (tertiary/aromatic N) is 1. The Labute approximate surface area is 186 Å². The highest BCUT2D eigenvalue weighted by atomic mass is 32.1. The molecule has 0 aliphatic heterocycles. The van der Waals surface area contributed by atoms with Crippen LogP contribution < -0.4 is 11.1 Å². The lowest BCUT2D eigenvalue weighted by molar-refractivity contribution is 0.0603. The van der Waals surface area contributed by atoms with Gasteiger partial charge in [-0.15, -0.1) is 22.7 Å². The van der Waals surface area contributed by atoms with Crippen LogP contribution >= 0.6 is 22.7 Å². The van der Waals surface area contributed by atoms with Crippen LogP contribution in [0.25, 0.3) is 21.3 Å². The van der Waals surface area contributed by atoms with Crippen LogP contribution in [0.1, 0.15) is 36.2 Å². The van der Waals surface area contributed by atoms with E-state index < -0.39 is 5.97 Å². The van der Waals surface area contributed by atoms with Gasteiger partial charge in [-0.3, -0.25) is 4.79 Å². The topological polar surface area (TPSA) is 94.3 Å². The Morgan fingerprint density at radius 2 is 1.94 bits per heavy atom. The molecule has 5 rings (SSSR count). The van der Waals surface area contributed by atoms with Gasteiger partial charge in [0.25, 0.3) is 5.91 Å². The number of nitrogens with two attached hydrogens (primary N) is 1. The van der Waals surface area contributed by atoms with Gasteiger partial charge < -0.3 is 15.8 Å². The number of benzene rings is 1. The van der Waals surface area contributed by atoms with Crippen molar-refractivity contribution in [3.05, 3.63) is 63.0 Å². The molecule has 0 bridgehead atoms. The van der Waals surface area contributed by atoms with Crippen molar-refractivity contribution < 1.29 is 14.3 Å². The van der Waals surface area contributed by atoms with Gasteiger partial charge in [-0.1, -0.05) is 24.3 Å². The van der Waals surface area contributed by atoms with Crippen LogP contribution in [0.2, 0.25) is 0 Å². The van der Waals surface area contributed by atoms with E-state index in [0.29, 0.717) is 21.1 Å². The Morgan fingerprint density at radius 3 is 2.74 bits per heavy atom. The van der Waals surface area contributed by atoms with E-state index in [4.69, 9.17) is 10.5 Å². The minimum atomic E-state index is -0.467. The number of hydrogen-bond donors (Lipinski definition) is 2. The maximum atomic E-state index is 13.2. The first kappa shape index (κ1) is 19.7. The zero-order chi connectivity index (χ0) is 21.7. The van der Waals surface area contributed by atoms with Gasteiger partial charge in [0, 0.05) is 21.5 Å². The van der Waals surface area contributed by atoms with E-state index in [1.54, 1.807) is 0 Å². The average Bonchev–Trinajstić information content (AvgIpc) is 3.30. The fraction of sp³-hybridized carbons (Fsp3) is 0.174. The van der Waals surface area contributed by atoms with Crippen LogP contribution in [-0.4, -0.2) is 24.0 Å². The summed E-state index contributed by atoms with van der Waals surface area (Å²) in [5.41, 5.74) is 11.0. The lowest BCUT2D eigenvalue weighted by Gasteiger charge is -2.17. The number of rotatable bonds is 3. The van der Waals surface area contributed by atoms with Gasteiger partial charge in [-0.05, 0) is 43.0 Å². The summed E-state index contributed by atoms with van der Waals surface area (Å²) in [6.07, 6.45) is 1.71. The molecule has 0 saturated carbocycles. The van der Waals surface area contributed by atoms with Gasteiger partial charge in [-0.2, -0.15) is 0 Å². The molecule has 3 heterocycles. The molecule has 1 aromatic carbocycles. The third-order valence-corrected chi connectivity index (χ3v) is 7.72. The summed E-state index contributed by atoms with van der Waals surface area (Å²) < 4.78 is 5.07. The summed E-state index contributed by atoms with van der Waals surface area (Å²) in [6.45, 7) is 1.89. The van der Waals surface area contributed by atoms with Crippen molar-refractivity contribution in [2.75, 3.05) is 18.2 Å². The van der Waals surface area contributed by atoms with Crippen LogP contribution in [0.5, 0.6) is 0 Å². The molecule has 4 aromatic rings. The van der Waals surface area contributed by atoms with E-state index in [-0.39, 0.29) is 5.91 Å². The number of ether oxygens (including phenoxy) is 1. The summed E-state index contributed by atoms with van der Waals surface area (Å²) in [4.78, 5) is 32.5. The summed E-state index contributed by atoms with van der Waals surface area (Å²) in [5.74, 6) is -0.818. The zero-order valence-corrected chi connectivity index (χ0v) is 18.6. The lowest BCUT2D eigenvalue weighted by Crippen LogP contribution is -2.14. The minimum absolute atomic E-state index is 0.352. The van der Waals surface area contributed by atoms with Crippen molar-refractivity contribution in [2.45, 2.75) is 19.8 Å². The fourth-order valence-corrected chi connectivity index (χ4v) is 6.20. The molecule has 6 nitrogen and oxygen atoms in total. The number of nitrogens with one attached hydrogen (secondary N) is 1. The molecule has 0 spiro atoms. The third-order valence-electron chi connectivity index (χ3n) is 5.45. The van der Waals surface area contributed by atoms with Crippen LogP contribution in [0, 0.1) is 6.92 Å². The molecule has 0 atom stereocenters. The molecular weight excluding hydrogens is 430 g/mol. The number of anilines is 2. The van der Waals surface area contributed by atoms with Crippen LogP contribution in [0.15, 0.2) is 36.4 Å². The Balaban J connectivity index is 1.59. The van der Waals surface area contributed by atoms with Crippen molar-refractivity contribution >= 4 is 55.5 Å². The smallest absolute Gasteiger partial charge is 0.341 e. The van der Waals surface area contributed by atoms with E-state index >= 15 is 0 Å². The Morgan fingerprint density at radius 1 is 1.13 bits per heavy atom. The minimum Gasteiger partial charge on any atom is -0.465 e. The normalized spacial score (nSPS) is 12.3. The van der Waals surface area contributed by atoms with Gasteiger partial charge in [0.15, 0.2) is 0 Å². The number of nitrogen functional groups attached to an aromatic ring is 1. The van der Waals surface area contributed by atoms with E-state index in [2.05, 4.69) is 16.4 Å². The summed E-state index contributed by atoms with van der Waals surface area (Å²) >= 11 is 2.67. The zero-order valence-electron chi connectivity index (χ0n) is 16.9. The third kappa shape index (κ3) is 3.19. The molecule has 0 radical (unpaired) electrons. The van der Waals surface area contributed by atoms with Crippen LogP contribution in [0.4, 0.5) is 10.7 Å². The molecule has 8 heteroatoms. The van der Waals surface area contributed by atoms with E-state index in [9.17, 15) is 9.59 Å². The van der Waals surface area contributed by atoms with Gasteiger partial charge >= 0.3 is 5.97 Å². The van der Waals surface area contributed by atoms with Crippen molar-refractivity contribution in [1.29, 1.82) is 0 Å². The van der Waals surface area contributed by atoms with Gasteiger partial charge in [0.05, 0.1) is 12.8 Å². The average molecular weight is 450 g/mol. The number of methoxy groups -OCH3 is 1. The largest absolute Gasteiger partial charge is 0.465 e. The van der Waals surface area contributed by atoms with E-state index in [0.717, 1.165) is 44.8 Å². The van der Waals surface area contributed by atoms with Gasteiger partial charge in [-0.25, -0.2) is 9.78 Å². The molecule has 1 aliphatic rings. The number of thiophene rings is 2. The highest BCUT2D eigenvalue weighted by Gasteiger charge is 2.30.